The number of hydrogen-bond donors (Lipinski definition) is 2. The van der Waals surface area contributed by atoms with Gasteiger partial charge in [0.25, 0.3) is 0 Å². The first-order valence-electron chi connectivity index (χ1n) is 6.47. The van der Waals surface area contributed by atoms with Crippen molar-refractivity contribution in [1.82, 2.24) is 19.5 Å². The predicted molar refractivity (Wildman–Crippen MR) is 77.0 cm³/mol. The van der Waals surface area contributed by atoms with E-state index in [1.165, 1.54) is 12.1 Å². The Morgan fingerprint density at radius 2 is 2.14 bits per heavy atom. The van der Waals surface area contributed by atoms with E-state index in [1.54, 1.807) is 24.1 Å². The van der Waals surface area contributed by atoms with Gasteiger partial charge >= 0.3 is 0 Å². The zero-order valence-electron chi connectivity index (χ0n) is 11.9. The first kappa shape index (κ1) is 15.6. The topological polar surface area (TPSA) is 97.1 Å². The second-order valence-electron chi connectivity index (χ2n) is 4.73. The molecule has 0 fully saturated rings. The van der Waals surface area contributed by atoms with Crippen LogP contribution in [0.3, 0.4) is 0 Å². The van der Waals surface area contributed by atoms with Gasteiger partial charge < -0.3 is 5.11 Å². The van der Waals surface area contributed by atoms with E-state index in [0.717, 1.165) is 5.56 Å². The largest absolute Gasteiger partial charge is 0.392 e. The van der Waals surface area contributed by atoms with Crippen molar-refractivity contribution in [2.75, 3.05) is 6.54 Å². The number of hydrogen-bond acceptors (Lipinski definition) is 5. The maximum Gasteiger partial charge on any atom is 0.240 e. The van der Waals surface area contributed by atoms with Gasteiger partial charge in [-0.25, -0.2) is 18.1 Å². The van der Waals surface area contributed by atoms with E-state index in [2.05, 4.69) is 14.8 Å². The number of benzene rings is 1. The fourth-order valence-electron chi connectivity index (χ4n) is 1.86. The number of aryl methyl sites for hydroxylation is 2. The van der Waals surface area contributed by atoms with Gasteiger partial charge in [0, 0.05) is 20.0 Å². The Kier molecular flexibility index (Phi) is 4.71. The lowest BCUT2D eigenvalue weighted by atomic mass is 10.1. The minimum Gasteiger partial charge on any atom is -0.392 e. The second kappa shape index (κ2) is 6.33. The van der Waals surface area contributed by atoms with Crippen LogP contribution in [0.2, 0.25) is 0 Å². The maximum absolute atomic E-state index is 12.2. The molecule has 0 atom stereocenters. The van der Waals surface area contributed by atoms with Gasteiger partial charge in [-0.2, -0.15) is 5.10 Å². The molecule has 0 aliphatic rings. The Morgan fingerprint density at radius 3 is 2.76 bits per heavy atom. The number of aliphatic hydroxyl groups excluding tert-OH is 1. The molecule has 0 unspecified atom stereocenters. The van der Waals surface area contributed by atoms with Gasteiger partial charge in [-0.3, -0.25) is 4.68 Å². The molecule has 0 spiro atoms. The summed E-state index contributed by atoms with van der Waals surface area (Å²) in [5.41, 5.74) is 1.46. The molecule has 0 amide bonds. The molecule has 114 valence electrons. The van der Waals surface area contributed by atoms with Gasteiger partial charge in [0.15, 0.2) is 5.82 Å². The molecule has 2 N–H and O–H groups in total. The quantitative estimate of drug-likeness (QED) is 0.791. The van der Waals surface area contributed by atoms with E-state index in [9.17, 15) is 13.5 Å². The molecule has 1 heterocycles. The van der Waals surface area contributed by atoms with Crippen molar-refractivity contribution in [2.24, 2.45) is 7.05 Å². The zero-order chi connectivity index (χ0) is 15.5. The first-order chi connectivity index (χ1) is 9.92. The molecule has 0 aliphatic heterocycles. The standard InChI is InChI=1S/C13H18N4O3S/c1-10-3-4-12(7-11(10)8-18)21(19,20)15-6-5-13-14-9-17(2)16-13/h3-4,7,9,15,18H,5-6,8H2,1-2H3. The molecule has 1 aromatic carbocycles. The zero-order valence-corrected chi connectivity index (χ0v) is 12.8. The van der Waals surface area contributed by atoms with Crippen LogP contribution in [0.15, 0.2) is 29.4 Å². The number of aromatic nitrogens is 3. The van der Waals surface area contributed by atoms with Crippen LogP contribution in [-0.2, 0) is 30.1 Å². The van der Waals surface area contributed by atoms with Gasteiger partial charge in [-0.1, -0.05) is 6.07 Å². The summed E-state index contributed by atoms with van der Waals surface area (Å²) in [4.78, 5) is 4.18. The molecule has 0 saturated carbocycles. The minimum absolute atomic E-state index is 0.145. The average molecular weight is 310 g/mol. The highest BCUT2D eigenvalue weighted by Gasteiger charge is 2.15. The third kappa shape index (κ3) is 3.87. The molecule has 2 rings (SSSR count). The van der Waals surface area contributed by atoms with Gasteiger partial charge in [0.2, 0.25) is 10.0 Å². The second-order valence-corrected chi connectivity index (χ2v) is 6.50. The van der Waals surface area contributed by atoms with Gasteiger partial charge in [0.05, 0.1) is 11.5 Å². The van der Waals surface area contributed by atoms with Crippen LogP contribution in [-0.4, -0.2) is 34.8 Å². The Bertz CT molecular complexity index is 725. The smallest absolute Gasteiger partial charge is 0.240 e. The maximum atomic E-state index is 12.2. The normalized spacial score (nSPS) is 11.8. The third-order valence-corrected chi connectivity index (χ3v) is 4.55. The van der Waals surface area contributed by atoms with Crippen molar-refractivity contribution >= 4 is 10.0 Å². The van der Waals surface area contributed by atoms with Crippen molar-refractivity contribution in [3.8, 4) is 0 Å². The fourth-order valence-corrected chi connectivity index (χ4v) is 2.95. The minimum atomic E-state index is -3.60. The molecule has 1 aromatic heterocycles. The summed E-state index contributed by atoms with van der Waals surface area (Å²) in [5, 5.41) is 13.3. The number of nitrogens with one attached hydrogen (secondary N) is 1. The van der Waals surface area contributed by atoms with Crippen LogP contribution in [0.5, 0.6) is 0 Å². The third-order valence-electron chi connectivity index (χ3n) is 3.09. The fraction of sp³-hybridized carbons (Fsp3) is 0.385. The van der Waals surface area contributed by atoms with Crippen LogP contribution in [0.4, 0.5) is 0 Å². The SMILES string of the molecule is Cc1ccc(S(=O)(=O)NCCc2ncn(C)n2)cc1CO. The molecular formula is C13H18N4O3S. The highest BCUT2D eigenvalue weighted by molar-refractivity contribution is 7.89. The summed E-state index contributed by atoms with van der Waals surface area (Å²) >= 11 is 0. The summed E-state index contributed by atoms with van der Waals surface area (Å²) in [6, 6.07) is 4.69. The number of aliphatic hydroxyl groups is 1. The van der Waals surface area contributed by atoms with Crippen LogP contribution in [0.25, 0.3) is 0 Å². The molecule has 0 aliphatic carbocycles. The van der Waals surface area contributed by atoms with Crippen LogP contribution in [0.1, 0.15) is 17.0 Å². The molecule has 0 saturated heterocycles. The van der Waals surface area contributed by atoms with E-state index in [4.69, 9.17) is 0 Å². The van der Waals surface area contributed by atoms with E-state index < -0.39 is 10.0 Å². The van der Waals surface area contributed by atoms with Gasteiger partial charge in [-0.05, 0) is 30.2 Å². The van der Waals surface area contributed by atoms with E-state index in [1.807, 2.05) is 6.92 Å². The van der Waals surface area contributed by atoms with Crippen LogP contribution < -0.4 is 4.72 Å². The predicted octanol–water partition coefficient (Wildman–Crippen LogP) is 0.137. The van der Waals surface area contributed by atoms with E-state index in [0.29, 0.717) is 17.8 Å². The lowest BCUT2D eigenvalue weighted by Gasteiger charge is -2.08. The molecule has 7 nitrogen and oxygen atoms in total. The van der Waals surface area contributed by atoms with Crippen molar-refractivity contribution in [3.63, 3.8) is 0 Å². The molecule has 21 heavy (non-hydrogen) atoms. The summed E-state index contributed by atoms with van der Waals surface area (Å²) in [6.45, 7) is 1.85. The van der Waals surface area contributed by atoms with Crippen molar-refractivity contribution in [1.29, 1.82) is 0 Å². The lowest BCUT2D eigenvalue weighted by molar-refractivity contribution is 0.280. The van der Waals surface area contributed by atoms with Crippen molar-refractivity contribution < 1.29 is 13.5 Å². The monoisotopic (exact) mass is 310 g/mol. The Hall–Kier alpha value is -1.77. The number of sulfonamides is 1. The molecule has 0 bridgehead atoms. The highest BCUT2D eigenvalue weighted by atomic mass is 32.2. The summed E-state index contributed by atoms with van der Waals surface area (Å²) in [6.07, 6.45) is 1.98. The summed E-state index contributed by atoms with van der Waals surface area (Å²) < 4.78 is 28.4. The van der Waals surface area contributed by atoms with Crippen molar-refractivity contribution in [2.45, 2.75) is 24.8 Å². The Labute approximate surface area is 123 Å². The molecule has 8 heteroatoms. The van der Waals surface area contributed by atoms with E-state index in [-0.39, 0.29) is 18.0 Å². The highest BCUT2D eigenvalue weighted by Crippen LogP contribution is 2.15. The summed E-state index contributed by atoms with van der Waals surface area (Å²) in [7, 11) is -1.84. The van der Waals surface area contributed by atoms with E-state index >= 15 is 0 Å². The van der Waals surface area contributed by atoms with Crippen LogP contribution >= 0.6 is 0 Å². The first-order valence-corrected chi connectivity index (χ1v) is 7.95. The average Bonchev–Trinajstić information content (AvgIpc) is 2.84. The number of nitrogens with zero attached hydrogens (tertiary/aromatic N) is 3. The van der Waals surface area contributed by atoms with Crippen molar-refractivity contribution in [3.05, 3.63) is 41.5 Å². The van der Waals surface area contributed by atoms with Gasteiger partial charge in [0.1, 0.15) is 6.33 Å². The van der Waals surface area contributed by atoms with Crippen LogP contribution in [0, 0.1) is 6.92 Å². The Balaban J connectivity index is 2.04. The molecule has 2 aromatic rings. The number of rotatable bonds is 6. The Morgan fingerprint density at radius 1 is 1.38 bits per heavy atom. The van der Waals surface area contributed by atoms with Gasteiger partial charge in [-0.15, -0.1) is 0 Å². The molecule has 0 radical (unpaired) electrons. The lowest BCUT2D eigenvalue weighted by Crippen LogP contribution is -2.26. The summed E-state index contributed by atoms with van der Waals surface area (Å²) in [5.74, 6) is 0.583. The molecular weight excluding hydrogens is 292 g/mol.